The number of aliphatic imine (C=N–C) groups is 1. The summed E-state index contributed by atoms with van der Waals surface area (Å²) in [6.07, 6.45) is 2.49. The molecule has 2 aromatic carbocycles. The summed E-state index contributed by atoms with van der Waals surface area (Å²) in [5.41, 5.74) is 0.600. The van der Waals surface area contributed by atoms with Gasteiger partial charge in [-0.2, -0.15) is 15.4 Å². The summed E-state index contributed by atoms with van der Waals surface area (Å²) in [6.45, 7) is 0.386. The standard InChI is InChI=1S/C22H23F2N7O2S/c1-26-20(28-14-25)27-12-6-11-22(15-7-4-3-5-8-15)31(21(32)30(2)33)29-19(34-22)17-13-16(23)9-10-18(17)24/h3-5,7-10,13,33H,6,11-12H2,1-2H3,(H2,26,27,28). The van der Waals surface area contributed by atoms with Crippen molar-refractivity contribution in [2.45, 2.75) is 17.7 Å². The maximum atomic E-state index is 14.6. The van der Waals surface area contributed by atoms with Gasteiger partial charge in [-0.25, -0.2) is 18.6 Å². The van der Waals surface area contributed by atoms with Gasteiger partial charge in [-0.1, -0.05) is 42.1 Å². The minimum absolute atomic E-state index is 0.0852. The van der Waals surface area contributed by atoms with E-state index >= 15 is 0 Å². The van der Waals surface area contributed by atoms with Crippen LogP contribution in [0.2, 0.25) is 0 Å². The van der Waals surface area contributed by atoms with Crippen LogP contribution in [0.25, 0.3) is 0 Å². The summed E-state index contributed by atoms with van der Waals surface area (Å²) < 4.78 is 28.5. The summed E-state index contributed by atoms with van der Waals surface area (Å²) in [6, 6.07) is 11.2. The van der Waals surface area contributed by atoms with Crippen molar-refractivity contribution < 1.29 is 18.8 Å². The van der Waals surface area contributed by atoms with E-state index in [-0.39, 0.29) is 16.6 Å². The molecule has 12 heteroatoms. The second kappa shape index (κ2) is 11.0. The molecule has 1 atom stereocenters. The number of nitriles is 1. The highest BCUT2D eigenvalue weighted by molar-refractivity contribution is 8.15. The van der Waals surface area contributed by atoms with Crippen molar-refractivity contribution in [3.05, 3.63) is 71.3 Å². The lowest BCUT2D eigenvalue weighted by Crippen LogP contribution is -2.46. The molecule has 1 heterocycles. The summed E-state index contributed by atoms with van der Waals surface area (Å²) in [7, 11) is 2.78. The van der Waals surface area contributed by atoms with Gasteiger partial charge in [0.1, 0.15) is 21.5 Å². The van der Waals surface area contributed by atoms with Crippen LogP contribution in [0.15, 0.2) is 58.6 Å². The molecule has 3 rings (SSSR count). The Morgan fingerprint density at radius 2 is 2.06 bits per heavy atom. The molecule has 2 aromatic rings. The predicted octanol–water partition coefficient (Wildman–Crippen LogP) is 3.40. The van der Waals surface area contributed by atoms with Gasteiger partial charge in [-0.15, -0.1) is 4.99 Å². The van der Waals surface area contributed by atoms with Gasteiger partial charge < -0.3 is 10.6 Å². The smallest absolute Gasteiger partial charge is 0.359 e. The number of thioether (sulfide) groups is 1. The monoisotopic (exact) mass is 487 g/mol. The fraction of sp³-hybridized carbons (Fsp3) is 0.273. The molecule has 0 aromatic heterocycles. The maximum absolute atomic E-state index is 14.6. The summed E-state index contributed by atoms with van der Waals surface area (Å²) in [4.78, 5) is 15.4. The first-order valence-corrected chi connectivity index (χ1v) is 11.1. The number of hydrazone groups is 1. The molecule has 34 heavy (non-hydrogen) atoms. The van der Waals surface area contributed by atoms with Crippen molar-refractivity contribution in [3.63, 3.8) is 0 Å². The van der Waals surface area contributed by atoms with Crippen LogP contribution < -0.4 is 10.6 Å². The highest BCUT2D eigenvalue weighted by Gasteiger charge is 2.49. The first-order chi connectivity index (χ1) is 16.3. The average Bonchev–Trinajstić information content (AvgIpc) is 3.23. The number of carbonyl (C=O) groups excluding carboxylic acids is 1. The molecule has 3 N–H and O–H groups in total. The molecule has 1 aliphatic heterocycles. The SMILES string of the molecule is CN/C(=N/C#N)NCCCC1(c2ccccc2)SC(c2cc(F)ccc2F)=NN1C(=O)N(C)O. The van der Waals surface area contributed by atoms with Gasteiger partial charge in [0.15, 0.2) is 0 Å². The Kier molecular flexibility index (Phi) is 8.04. The minimum atomic E-state index is -1.16. The Morgan fingerprint density at radius 1 is 1.32 bits per heavy atom. The number of carbonyl (C=O) groups is 1. The van der Waals surface area contributed by atoms with Crippen molar-refractivity contribution in [3.8, 4) is 6.19 Å². The van der Waals surface area contributed by atoms with Crippen molar-refractivity contribution in [2.24, 2.45) is 10.1 Å². The molecule has 0 saturated heterocycles. The minimum Gasteiger partial charge on any atom is -0.359 e. The number of benzene rings is 2. The Morgan fingerprint density at radius 3 is 2.71 bits per heavy atom. The number of nitrogens with one attached hydrogen (secondary N) is 2. The van der Waals surface area contributed by atoms with Crippen LogP contribution in [0.4, 0.5) is 13.6 Å². The lowest BCUT2D eigenvalue weighted by atomic mass is 10.0. The zero-order valence-electron chi connectivity index (χ0n) is 18.5. The van der Waals surface area contributed by atoms with Crippen molar-refractivity contribution in [2.75, 3.05) is 20.6 Å². The van der Waals surface area contributed by atoms with Gasteiger partial charge in [0.2, 0.25) is 12.2 Å². The van der Waals surface area contributed by atoms with Gasteiger partial charge in [0.25, 0.3) is 0 Å². The molecule has 9 nitrogen and oxygen atoms in total. The number of rotatable bonds is 6. The summed E-state index contributed by atoms with van der Waals surface area (Å²) in [5.74, 6) is -1.04. The van der Waals surface area contributed by atoms with Gasteiger partial charge in [0.05, 0.1) is 0 Å². The molecule has 0 aliphatic carbocycles. The van der Waals surface area contributed by atoms with Crippen LogP contribution in [0.5, 0.6) is 0 Å². The molecule has 1 unspecified atom stereocenters. The van der Waals surface area contributed by atoms with E-state index in [9.17, 15) is 18.8 Å². The molecule has 0 saturated carbocycles. The Hall–Kier alpha value is -3.69. The predicted molar refractivity (Wildman–Crippen MR) is 125 cm³/mol. The normalized spacial score (nSPS) is 17.7. The number of halogens is 2. The van der Waals surface area contributed by atoms with Gasteiger partial charge in [0, 0.05) is 26.2 Å². The first-order valence-electron chi connectivity index (χ1n) is 10.3. The van der Waals surface area contributed by atoms with Crippen molar-refractivity contribution in [1.29, 1.82) is 5.26 Å². The van der Waals surface area contributed by atoms with E-state index in [2.05, 4.69) is 20.7 Å². The highest BCUT2D eigenvalue weighted by atomic mass is 32.2. The summed E-state index contributed by atoms with van der Waals surface area (Å²) in [5, 5.41) is 30.3. The topological polar surface area (TPSA) is 116 Å². The van der Waals surface area contributed by atoms with E-state index in [1.165, 1.54) is 0 Å². The molecule has 178 valence electrons. The lowest BCUT2D eigenvalue weighted by molar-refractivity contribution is -0.0403. The molecule has 0 radical (unpaired) electrons. The molecule has 0 fully saturated rings. The van der Waals surface area contributed by atoms with Gasteiger partial charge >= 0.3 is 6.03 Å². The van der Waals surface area contributed by atoms with Crippen LogP contribution in [0.3, 0.4) is 0 Å². The molecular weight excluding hydrogens is 464 g/mol. The lowest BCUT2D eigenvalue weighted by Gasteiger charge is -2.36. The van der Waals surface area contributed by atoms with E-state index in [4.69, 9.17) is 5.26 Å². The average molecular weight is 488 g/mol. The quantitative estimate of drug-likeness (QED) is 0.144. The van der Waals surface area contributed by atoms with Crippen molar-refractivity contribution in [1.82, 2.24) is 20.7 Å². The van der Waals surface area contributed by atoms with Crippen LogP contribution in [-0.4, -0.2) is 53.0 Å². The third-order valence-electron chi connectivity index (χ3n) is 5.02. The summed E-state index contributed by atoms with van der Waals surface area (Å²) >= 11 is 1.10. The molecular formula is C22H23F2N7O2S. The zero-order chi connectivity index (χ0) is 24.7. The third-order valence-corrected chi connectivity index (χ3v) is 6.47. The Labute approximate surface area is 199 Å². The third kappa shape index (κ3) is 5.27. The molecule has 2 amide bonds. The number of urea groups is 1. The first kappa shape index (κ1) is 24.9. The number of nitrogens with zero attached hydrogens (tertiary/aromatic N) is 5. The largest absolute Gasteiger partial charge is 0.365 e. The van der Waals surface area contributed by atoms with E-state index in [0.29, 0.717) is 30.0 Å². The van der Waals surface area contributed by atoms with Crippen LogP contribution in [0, 0.1) is 23.1 Å². The van der Waals surface area contributed by atoms with Crippen LogP contribution >= 0.6 is 11.8 Å². The fourth-order valence-corrected chi connectivity index (χ4v) is 4.86. The molecule has 0 spiro atoms. The number of hydrogen-bond acceptors (Lipinski definition) is 6. The van der Waals surface area contributed by atoms with Gasteiger partial charge in [-0.05, 0) is 36.6 Å². The van der Waals surface area contributed by atoms with Crippen molar-refractivity contribution >= 4 is 28.8 Å². The van der Waals surface area contributed by atoms with Crippen LogP contribution in [0.1, 0.15) is 24.0 Å². The molecule has 0 bridgehead atoms. The second-order valence-electron chi connectivity index (χ2n) is 7.24. The number of hydrogen-bond donors (Lipinski definition) is 3. The number of hydroxylamine groups is 2. The van der Waals surface area contributed by atoms with Crippen LogP contribution in [-0.2, 0) is 4.87 Å². The number of guanidine groups is 1. The second-order valence-corrected chi connectivity index (χ2v) is 8.51. The number of amides is 2. The maximum Gasteiger partial charge on any atom is 0.365 e. The van der Waals surface area contributed by atoms with E-state index < -0.39 is 22.5 Å². The molecule has 1 aliphatic rings. The zero-order valence-corrected chi connectivity index (χ0v) is 19.3. The van der Waals surface area contributed by atoms with E-state index in [1.54, 1.807) is 37.5 Å². The van der Waals surface area contributed by atoms with E-state index in [0.717, 1.165) is 42.0 Å². The van der Waals surface area contributed by atoms with E-state index in [1.807, 2.05) is 6.07 Å². The Balaban J connectivity index is 2.00. The highest BCUT2D eigenvalue weighted by Crippen LogP contribution is 2.50. The Bertz CT molecular complexity index is 1140. The van der Waals surface area contributed by atoms with Gasteiger partial charge in [-0.3, -0.25) is 5.21 Å². The fourth-order valence-electron chi connectivity index (χ4n) is 3.45.